The molecule has 1 aromatic heterocycles. The van der Waals surface area contributed by atoms with E-state index in [-0.39, 0.29) is 29.9 Å². The second-order valence-electron chi connectivity index (χ2n) is 7.79. The Morgan fingerprint density at radius 2 is 1.97 bits per heavy atom. The molecule has 0 unspecified atom stereocenters. The number of aryl methyl sites for hydroxylation is 1. The zero-order valence-electron chi connectivity index (χ0n) is 19.2. The summed E-state index contributed by atoms with van der Waals surface area (Å²) in [6.07, 6.45) is 1.17. The summed E-state index contributed by atoms with van der Waals surface area (Å²) in [6.45, 7) is 7.77. The quantitative estimate of drug-likeness (QED) is 0.444. The van der Waals surface area contributed by atoms with E-state index >= 15 is 0 Å². The molecule has 35 heavy (non-hydrogen) atoms. The van der Waals surface area contributed by atoms with Gasteiger partial charge in [-0.2, -0.15) is 0 Å². The molecule has 0 saturated carbocycles. The van der Waals surface area contributed by atoms with Crippen molar-refractivity contribution in [2.24, 2.45) is 0 Å². The maximum atomic E-state index is 13.4. The van der Waals surface area contributed by atoms with Crippen molar-refractivity contribution in [3.05, 3.63) is 65.0 Å². The summed E-state index contributed by atoms with van der Waals surface area (Å²) < 4.78 is 60.3. The Bertz CT molecular complexity index is 1340. The lowest BCUT2D eigenvalue weighted by Crippen LogP contribution is -2.21. The van der Waals surface area contributed by atoms with Crippen LogP contribution in [0.3, 0.4) is 0 Å². The molecule has 3 aromatic rings. The third-order valence-electron chi connectivity index (χ3n) is 5.59. The van der Waals surface area contributed by atoms with Gasteiger partial charge < -0.3 is 14.2 Å². The molecule has 0 radical (unpaired) electrons. The zero-order valence-corrected chi connectivity index (χ0v) is 20.0. The van der Waals surface area contributed by atoms with Crippen molar-refractivity contribution in [2.75, 3.05) is 31.3 Å². The predicted octanol–water partition coefficient (Wildman–Crippen LogP) is 3.81. The maximum absolute atomic E-state index is 13.4. The summed E-state index contributed by atoms with van der Waals surface area (Å²) in [5, 5.41) is 8.34. The van der Waals surface area contributed by atoms with Crippen molar-refractivity contribution in [1.82, 2.24) is 14.8 Å². The number of benzene rings is 2. The first-order chi connectivity index (χ1) is 16.9. The van der Waals surface area contributed by atoms with Gasteiger partial charge in [0.2, 0.25) is 16.0 Å². The van der Waals surface area contributed by atoms with Crippen molar-refractivity contribution < 1.29 is 27.0 Å². The average Bonchev–Trinajstić information content (AvgIpc) is 3.52. The molecule has 0 spiro atoms. The fraction of sp³-hybridized carbons (Fsp3) is 0.348. The molecule has 0 bridgehead atoms. The van der Waals surface area contributed by atoms with Crippen LogP contribution < -0.4 is 14.2 Å². The monoisotopic (exact) mass is 501 g/mol. The third-order valence-corrected chi connectivity index (χ3v) is 6.82. The Kier molecular flexibility index (Phi) is 7.18. The summed E-state index contributed by atoms with van der Waals surface area (Å²) >= 11 is 0. The summed E-state index contributed by atoms with van der Waals surface area (Å²) in [5.41, 5.74) is 0.932. The zero-order chi connectivity index (χ0) is 25.0. The number of ether oxygens (including phenoxy) is 3. The van der Waals surface area contributed by atoms with Crippen molar-refractivity contribution in [3.8, 4) is 17.2 Å². The van der Waals surface area contributed by atoms with Gasteiger partial charge in [-0.1, -0.05) is 12.1 Å². The molecule has 10 nitrogen and oxygen atoms in total. The van der Waals surface area contributed by atoms with Gasteiger partial charge in [0.05, 0.1) is 26.5 Å². The summed E-state index contributed by atoms with van der Waals surface area (Å²) in [7, 11) is -0.948. The first-order valence-electron chi connectivity index (χ1n) is 10.8. The molecule has 12 heteroatoms. The number of methoxy groups -OCH3 is 2. The van der Waals surface area contributed by atoms with Crippen LogP contribution in [0.25, 0.3) is 10.5 Å². The number of halogens is 1. The molecule has 0 amide bonds. The van der Waals surface area contributed by atoms with Gasteiger partial charge in [-0.15, -0.1) is 10.2 Å². The molecule has 1 aliphatic rings. The highest BCUT2D eigenvalue weighted by atomic mass is 32.2. The van der Waals surface area contributed by atoms with Crippen molar-refractivity contribution in [1.29, 1.82) is 0 Å². The van der Waals surface area contributed by atoms with Crippen LogP contribution in [-0.2, 0) is 21.2 Å². The van der Waals surface area contributed by atoms with Crippen LogP contribution in [0, 0.1) is 12.4 Å². The molecule has 0 aliphatic carbocycles. The number of nitrogens with zero attached hydrogens (tertiary/aromatic N) is 4. The Balaban J connectivity index is 1.70. The van der Waals surface area contributed by atoms with Gasteiger partial charge in [0.15, 0.2) is 11.5 Å². The molecular formula is C23H24FN5O5S. The SMILES string of the molecule is [C-]#[N+]c1cc(F)ccc1CCS(=O)(=O)Nc1nnc([C@H]2CCCO2)n1-c1c(OC)cccc1OC. The molecule has 1 aliphatic heterocycles. The molecule has 4 rings (SSSR count). The molecular weight excluding hydrogens is 477 g/mol. The standard InChI is InChI=1S/C23H24FN5O5S/c1-25-17-14-16(24)10-9-15(17)11-13-35(30,31)28-23-27-26-22(20-8-5-12-34-20)29(23)21-18(32-2)6-4-7-19(21)33-3/h4,6-7,9-10,14,20H,5,8,11-13H2,2-3H3,(H,27,28)/t20-/m1/s1. The second-order valence-corrected chi connectivity index (χ2v) is 9.63. The van der Waals surface area contributed by atoms with Gasteiger partial charge in [0.1, 0.15) is 29.1 Å². The van der Waals surface area contributed by atoms with Gasteiger partial charge in [0.25, 0.3) is 0 Å². The van der Waals surface area contributed by atoms with Crippen LogP contribution >= 0.6 is 0 Å². The van der Waals surface area contributed by atoms with E-state index in [9.17, 15) is 12.8 Å². The summed E-state index contributed by atoms with van der Waals surface area (Å²) in [5.74, 6) is 0.307. The van der Waals surface area contributed by atoms with E-state index in [1.165, 1.54) is 30.9 Å². The highest BCUT2D eigenvalue weighted by Crippen LogP contribution is 2.38. The number of hydrogen-bond acceptors (Lipinski definition) is 7. The van der Waals surface area contributed by atoms with E-state index in [1.54, 1.807) is 18.2 Å². The molecule has 1 saturated heterocycles. The van der Waals surface area contributed by atoms with Gasteiger partial charge >= 0.3 is 0 Å². The molecule has 1 N–H and O–H groups in total. The Morgan fingerprint density at radius 3 is 2.60 bits per heavy atom. The molecule has 1 atom stereocenters. The fourth-order valence-corrected chi connectivity index (χ4v) is 4.91. The first-order valence-corrected chi connectivity index (χ1v) is 12.5. The van der Waals surface area contributed by atoms with Crippen molar-refractivity contribution in [2.45, 2.75) is 25.4 Å². The van der Waals surface area contributed by atoms with E-state index in [4.69, 9.17) is 20.8 Å². The van der Waals surface area contributed by atoms with Crippen LogP contribution in [-0.4, -0.2) is 49.8 Å². The number of hydrogen-bond donors (Lipinski definition) is 1. The lowest BCUT2D eigenvalue weighted by molar-refractivity contribution is 0.103. The Labute approximate surface area is 202 Å². The number of aromatic nitrogens is 3. The van der Waals surface area contributed by atoms with Crippen molar-refractivity contribution in [3.63, 3.8) is 0 Å². The van der Waals surface area contributed by atoms with Gasteiger partial charge in [0, 0.05) is 6.61 Å². The minimum atomic E-state index is -3.94. The highest BCUT2D eigenvalue weighted by Gasteiger charge is 2.30. The lowest BCUT2D eigenvalue weighted by Gasteiger charge is -2.19. The predicted molar refractivity (Wildman–Crippen MR) is 126 cm³/mol. The summed E-state index contributed by atoms with van der Waals surface area (Å²) in [4.78, 5) is 3.28. The minimum absolute atomic E-state index is 0.0119. The molecule has 1 fully saturated rings. The van der Waals surface area contributed by atoms with Gasteiger partial charge in [-0.05, 0) is 49.1 Å². The van der Waals surface area contributed by atoms with Crippen LogP contribution in [0.2, 0.25) is 0 Å². The number of para-hydroxylation sites is 1. The maximum Gasteiger partial charge on any atom is 0.243 e. The largest absolute Gasteiger partial charge is 0.494 e. The second kappa shape index (κ2) is 10.3. The molecule has 2 heterocycles. The number of sulfonamides is 1. The molecule has 184 valence electrons. The fourth-order valence-electron chi connectivity index (χ4n) is 3.91. The number of anilines is 1. The topological polar surface area (TPSA) is 109 Å². The average molecular weight is 502 g/mol. The van der Waals surface area contributed by atoms with Crippen LogP contribution in [0.15, 0.2) is 36.4 Å². The van der Waals surface area contributed by atoms with Crippen molar-refractivity contribution >= 4 is 21.7 Å². The highest BCUT2D eigenvalue weighted by molar-refractivity contribution is 7.92. The summed E-state index contributed by atoms with van der Waals surface area (Å²) in [6, 6.07) is 8.88. The smallest absolute Gasteiger partial charge is 0.243 e. The number of nitrogens with one attached hydrogen (secondary N) is 1. The molecule has 2 aromatic carbocycles. The van der Waals surface area contributed by atoms with E-state index in [0.29, 0.717) is 41.6 Å². The van der Waals surface area contributed by atoms with E-state index in [2.05, 4.69) is 19.8 Å². The van der Waals surface area contributed by atoms with Crippen LogP contribution in [0.5, 0.6) is 11.5 Å². The Morgan fingerprint density at radius 1 is 1.23 bits per heavy atom. The number of rotatable bonds is 9. The lowest BCUT2D eigenvalue weighted by atomic mass is 10.1. The van der Waals surface area contributed by atoms with E-state index < -0.39 is 15.8 Å². The third kappa shape index (κ3) is 5.21. The van der Waals surface area contributed by atoms with Crippen LogP contribution in [0.4, 0.5) is 16.0 Å². The van der Waals surface area contributed by atoms with E-state index in [1.807, 2.05) is 0 Å². The minimum Gasteiger partial charge on any atom is -0.494 e. The normalized spacial score (nSPS) is 15.5. The van der Waals surface area contributed by atoms with Gasteiger partial charge in [-0.25, -0.2) is 17.7 Å². The van der Waals surface area contributed by atoms with Crippen LogP contribution in [0.1, 0.15) is 30.3 Å². The first kappa shape index (κ1) is 24.4. The van der Waals surface area contributed by atoms with E-state index in [0.717, 1.165) is 12.5 Å². The van der Waals surface area contributed by atoms with Gasteiger partial charge in [-0.3, -0.25) is 9.29 Å². The Hall–Kier alpha value is -3.69.